The average Bonchev–Trinajstić information content (AvgIpc) is 2.56. The number of nitrogens with two attached hydrogens (primary N) is 1. The molecule has 0 spiro atoms. The largest absolute Gasteiger partial charge is 0.338 e. The van der Waals surface area contributed by atoms with Gasteiger partial charge in [-0.05, 0) is 12.1 Å². The number of nitrogens with zero attached hydrogens (tertiary/aromatic N) is 1. The summed E-state index contributed by atoms with van der Waals surface area (Å²) in [6.45, 7) is 0.565. The van der Waals surface area contributed by atoms with E-state index in [0.29, 0.717) is 13.0 Å². The predicted octanol–water partition coefficient (Wildman–Crippen LogP) is 1.16. The molecule has 2 N–H and O–H groups in total. The van der Waals surface area contributed by atoms with Gasteiger partial charge in [0, 0.05) is 19.4 Å². The summed E-state index contributed by atoms with van der Waals surface area (Å²) in [4.78, 5) is 13.4. The van der Waals surface area contributed by atoms with Gasteiger partial charge in [-0.1, -0.05) is 30.3 Å². The number of hydrogen-bond donors (Lipinski definition) is 1. The Labute approximate surface area is 89.9 Å². The molecular formula is C12H16N2O. The van der Waals surface area contributed by atoms with E-state index in [1.807, 2.05) is 30.1 Å². The van der Waals surface area contributed by atoms with Crippen molar-refractivity contribution < 1.29 is 4.79 Å². The van der Waals surface area contributed by atoms with Crippen LogP contribution in [0.1, 0.15) is 18.0 Å². The van der Waals surface area contributed by atoms with Gasteiger partial charge in [0.05, 0.1) is 6.04 Å². The number of carbonyl (C=O) groups excluding carboxylic acids is 1. The molecule has 0 aliphatic carbocycles. The van der Waals surface area contributed by atoms with Crippen LogP contribution >= 0.6 is 0 Å². The molecule has 1 amide bonds. The first-order valence-electron chi connectivity index (χ1n) is 5.24. The van der Waals surface area contributed by atoms with Gasteiger partial charge in [0.1, 0.15) is 0 Å². The van der Waals surface area contributed by atoms with Crippen LogP contribution in [0.3, 0.4) is 0 Å². The Morgan fingerprint density at radius 2 is 2.07 bits per heavy atom. The first-order valence-corrected chi connectivity index (χ1v) is 5.24. The van der Waals surface area contributed by atoms with Crippen molar-refractivity contribution in [1.29, 1.82) is 0 Å². The van der Waals surface area contributed by atoms with Crippen LogP contribution < -0.4 is 5.73 Å². The average molecular weight is 204 g/mol. The number of rotatable bonds is 2. The van der Waals surface area contributed by atoms with E-state index in [-0.39, 0.29) is 17.9 Å². The summed E-state index contributed by atoms with van der Waals surface area (Å²) in [5.41, 5.74) is 6.89. The molecule has 0 bridgehead atoms. The van der Waals surface area contributed by atoms with E-state index in [2.05, 4.69) is 12.1 Å². The molecule has 1 aromatic carbocycles. The second-order valence-corrected chi connectivity index (χ2v) is 4.06. The third kappa shape index (κ3) is 1.75. The smallest absolute Gasteiger partial charge is 0.223 e. The molecule has 80 valence electrons. The van der Waals surface area contributed by atoms with Crippen LogP contribution in [0.4, 0.5) is 0 Å². The molecule has 0 saturated carbocycles. The molecule has 15 heavy (non-hydrogen) atoms. The Bertz CT molecular complexity index is 350. The summed E-state index contributed by atoms with van der Waals surface area (Å²) in [6, 6.07) is 10.3. The zero-order valence-corrected chi connectivity index (χ0v) is 8.89. The summed E-state index contributed by atoms with van der Waals surface area (Å²) < 4.78 is 0. The number of amides is 1. The first kappa shape index (κ1) is 10.2. The lowest BCUT2D eigenvalue weighted by atomic mass is 9.94. The molecule has 1 aromatic rings. The zero-order valence-electron chi connectivity index (χ0n) is 8.89. The minimum absolute atomic E-state index is 0.156. The van der Waals surface area contributed by atoms with Crippen molar-refractivity contribution in [2.75, 3.05) is 13.6 Å². The molecule has 0 unspecified atom stereocenters. The lowest BCUT2D eigenvalue weighted by Crippen LogP contribution is -2.26. The number of hydrogen-bond acceptors (Lipinski definition) is 2. The Morgan fingerprint density at radius 3 is 2.67 bits per heavy atom. The van der Waals surface area contributed by atoms with Gasteiger partial charge >= 0.3 is 0 Å². The minimum atomic E-state index is 0.156. The highest BCUT2D eigenvalue weighted by Gasteiger charge is 2.37. The lowest BCUT2D eigenvalue weighted by Gasteiger charge is -2.24. The van der Waals surface area contributed by atoms with Crippen molar-refractivity contribution in [1.82, 2.24) is 4.90 Å². The normalized spacial score (nSPS) is 26.0. The van der Waals surface area contributed by atoms with Gasteiger partial charge < -0.3 is 10.6 Å². The van der Waals surface area contributed by atoms with E-state index in [9.17, 15) is 4.79 Å². The lowest BCUT2D eigenvalue weighted by molar-refractivity contribution is -0.127. The standard InChI is InChI=1S/C12H16N2O/c1-14-11(15)7-10(8-13)12(14)9-5-3-2-4-6-9/h2-6,10,12H,7-8,13H2,1H3/t10-,12-/m1/s1. The minimum Gasteiger partial charge on any atom is -0.338 e. The maximum Gasteiger partial charge on any atom is 0.223 e. The predicted molar refractivity (Wildman–Crippen MR) is 59.1 cm³/mol. The van der Waals surface area contributed by atoms with Crippen LogP contribution in [0, 0.1) is 5.92 Å². The Hall–Kier alpha value is -1.35. The van der Waals surface area contributed by atoms with Gasteiger partial charge in [0.2, 0.25) is 5.91 Å². The zero-order chi connectivity index (χ0) is 10.8. The summed E-state index contributed by atoms with van der Waals surface area (Å²) in [7, 11) is 1.86. The maximum absolute atomic E-state index is 11.6. The topological polar surface area (TPSA) is 46.3 Å². The Kier molecular flexibility index (Phi) is 2.73. The van der Waals surface area contributed by atoms with Gasteiger partial charge in [-0.25, -0.2) is 0 Å². The number of carbonyl (C=O) groups is 1. The molecule has 0 radical (unpaired) electrons. The third-order valence-corrected chi connectivity index (χ3v) is 3.14. The highest BCUT2D eigenvalue weighted by atomic mass is 16.2. The van der Waals surface area contributed by atoms with Crippen molar-refractivity contribution in [3.8, 4) is 0 Å². The van der Waals surface area contributed by atoms with Crippen LogP contribution in [0.15, 0.2) is 30.3 Å². The molecule has 3 heteroatoms. The fourth-order valence-corrected chi connectivity index (χ4v) is 2.31. The quantitative estimate of drug-likeness (QED) is 0.786. The maximum atomic E-state index is 11.6. The molecule has 1 saturated heterocycles. The summed E-state index contributed by atoms with van der Waals surface area (Å²) >= 11 is 0. The van der Waals surface area contributed by atoms with E-state index >= 15 is 0 Å². The van der Waals surface area contributed by atoms with Crippen molar-refractivity contribution in [2.24, 2.45) is 11.7 Å². The number of benzene rings is 1. The van der Waals surface area contributed by atoms with E-state index in [1.54, 1.807) is 0 Å². The van der Waals surface area contributed by atoms with Gasteiger partial charge in [0.15, 0.2) is 0 Å². The molecule has 2 rings (SSSR count). The highest BCUT2D eigenvalue weighted by Crippen LogP contribution is 2.35. The molecule has 2 atom stereocenters. The van der Waals surface area contributed by atoms with E-state index < -0.39 is 0 Å². The third-order valence-electron chi connectivity index (χ3n) is 3.14. The van der Waals surface area contributed by atoms with Gasteiger partial charge in [0.25, 0.3) is 0 Å². The van der Waals surface area contributed by atoms with E-state index in [4.69, 9.17) is 5.73 Å². The second-order valence-electron chi connectivity index (χ2n) is 4.06. The van der Waals surface area contributed by atoms with Crippen LogP contribution in [-0.4, -0.2) is 24.4 Å². The Morgan fingerprint density at radius 1 is 1.40 bits per heavy atom. The number of likely N-dealkylation sites (tertiary alicyclic amines) is 1. The highest BCUT2D eigenvalue weighted by molar-refractivity contribution is 5.79. The van der Waals surface area contributed by atoms with Crippen LogP contribution in [0.2, 0.25) is 0 Å². The molecule has 3 nitrogen and oxygen atoms in total. The molecule has 1 fully saturated rings. The molecule has 1 aliphatic heterocycles. The molecule has 1 heterocycles. The van der Waals surface area contributed by atoms with Crippen LogP contribution in [0.5, 0.6) is 0 Å². The van der Waals surface area contributed by atoms with Crippen molar-refractivity contribution in [2.45, 2.75) is 12.5 Å². The monoisotopic (exact) mass is 204 g/mol. The SMILES string of the molecule is CN1C(=O)C[C@H](CN)[C@H]1c1ccccc1. The fourth-order valence-electron chi connectivity index (χ4n) is 2.31. The van der Waals surface area contributed by atoms with Gasteiger partial charge in [-0.15, -0.1) is 0 Å². The van der Waals surface area contributed by atoms with Crippen molar-refractivity contribution in [3.05, 3.63) is 35.9 Å². The first-order chi connectivity index (χ1) is 7.24. The second kappa shape index (κ2) is 4.03. The fraction of sp³-hybridized carbons (Fsp3) is 0.417. The summed E-state index contributed by atoms with van der Waals surface area (Å²) in [5, 5.41) is 0. The summed E-state index contributed by atoms with van der Waals surface area (Å²) in [6.07, 6.45) is 0.576. The van der Waals surface area contributed by atoms with Crippen LogP contribution in [-0.2, 0) is 4.79 Å². The van der Waals surface area contributed by atoms with Gasteiger partial charge in [-0.3, -0.25) is 4.79 Å². The van der Waals surface area contributed by atoms with Crippen molar-refractivity contribution in [3.63, 3.8) is 0 Å². The van der Waals surface area contributed by atoms with E-state index in [0.717, 1.165) is 0 Å². The van der Waals surface area contributed by atoms with Crippen LogP contribution in [0.25, 0.3) is 0 Å². The van der Waals surface area contributed by atoms with Crippen molar-refractivity contribution >= 4 is 5.91 Å². The Balaban J connectivity index is 2.30. The molecule has 0 aromatic heterocycles. The van der Waals surface area contributed by atoms with E-state index in [1.165, 1.54) is 5.56 Å². The molecule has 1 aliphatic rings. The van der Waals surface area contributed by atoms with Gasteiger partial charge in [-0.2, -0.15) is 0 Å². The molecular weight excluding hydrogens is 188 g/mol. The summed E-state index contributed by atoms with van der Waals surface area (Å²) in [5.74, 6) is 0.448.